The lowest BCUT2D eigenvalue weighted by molar-refractivity contribution is 0.627. The Morgan fingerprint density at radius 3 is 2.36 bits per heavy atom. The number of rotatable bonds is 7. The van der Waals surface area contributed by atoms with Crippen molar-refractivity contribution in [3.63, 3.8) is 0 Å². The lowest BCUT2D eigenvalue weighted by Crippen LogP contribution is -2.32. The van der Waals surface area contributed by atoms with E-state index in [0.29, 0.717) is 0 Å². The maximum absolute atomic E-state index is 13.0. The van der Waals surface area contributed by atoms with Crippen LogP contribution < -0.4 is 16.0 Å². The van der Waals surface area contributed by atoms with E-state index >= 15 is 0 Å². The molecule has 0 bridgehead atoms. The van der Waals surface area contributed by atoms with E-state index in [9.17, 15) is 4.39 Å². The Morgan fingerprint density at radius 1 is 1.00 bits per heavy atom. The SMILES string of the molecule is CNCCC(Nc1ccc(F)cc1)Nc1ccc(C)cc1C. The fourth-order valence-corrected chi connectivity index (χ4v) is 2.38. The van der Waals surface area contributed by atoms with Crippen LogP contribution in [0.3, 0.4) is 0 Å². The average Bonchev–Trinajstić information content (AvgIpc) is 2.49. The summed E-state index contributed by atoms with van der Waals surface area (Å²) >= 11 is 0. The van der Waals surface area contributed by atoms with Crippen molar-refractivity contribution in [3.8, 4) is 0 Å². The zero-order valence-corrected chi connectivity index (χ0v) is 13.4. The normalized spacial score (nSPS) is 12.0. The van der Waals surface area contributed by atoms with E-state index in [0.717, 1.165) is 24.3 Å². The third-order valence-corrected chi connectivity index (χ3v) is 3.58. The number of nitrogens with one attached hydrogen (secondary N) is 3. The molecule has 2 rings (SSSR count). The first-order valence-corrected chi connectivity index (χ1v) is 7.59. The van der Waals surface area contributed by atoms with Crippen LogP contribution >= 0.6 is 0 Å². The zero-order chi connectivity index (χ0) is 15.9. The van der Waals surface area contributed by atoms with E-state index in [1.165, 1.54) is 23.3 Å². The molecule has 0 saturated carbocycles. The number of hydrogen-bond donors (Lipinski definition) is 3. The Kier molecular flexibility index (Phi) is 5.78. The van der Waals surface area contributed by atoms with E-state index in [2.05, 4.69) is 48.0 Å². The molecule has 1 unspecified atom stereocenters. The van der Waals surface area contributed by atoms with Crippen molar-refractivity contribution in [2.45, 2.75) is 26.4 Å². The van der Waals surface area contributed by atoms with Gasteiger partial charge in [-0.25, -0.2) is 4.39 Å². The molecule has 0 saturated heterocycles. The minimum Gasteiger partial charge on any atom is -0.365 e. The molecular formula is C18H24FN3. The first-order chi connectivity index (χ1) is 10.6. The Hall–Kier alpha value is -2.07. The Labute approximate surface area is 131 Å². The van der Waals surface area contributed by atoms with Gasteiger partial charge in [0.1, 0.15) is 5.82 Å². The van der Waals surface area contributed by atoms with E-state index < -0.39 is 0 Å². The highest BCUT2D eigenvalue weighted by Crippen LogP contribution is 2.19. The maximum atomic E-state index is 13.0. The zero-order valence-electron chi connectivity index (χ0n) is 13.4. The molecular weight excluding hydrogens is 277 g/mol. The largest absolute Gasteiger partial charge is 0.365 e. The Balaban J connectivity index is 2.09. The van der Waals surface area contributed by atoms with Gasteiger partial charge in [0, 0.05) is 11.4 Å². The van der Waals surface area contributed by atoms with Crippen molar-refractivity contribution in [3.05, 3.63) is 59.4 Å². The summed E-state index contributed by atoms with van der Waals surface area (Å²) in [6, 6.07) is 12.8. The molecule has 3 nitrogen and oxygen atoms in total. The quantitative estimate of drug-likeness (QED) is 0.679. The molecule has 1 atom stereocenters. The molecule has 0 fully saturated rings. The average molecular weight is 301 g/mol. The van der Waals surface area contributed by atoms with Crippen molar-refractivity contribution < 1.29 is 4.39 Å². The smallest absolute Gasteiger partial charge is 0.123 e. The molecule has 0 aliphatic carbocycles. The van der Waals surface area contributed by atoms with Crippen LogP contribution in [0.15, 0.2) is 42.5 Å². The summed E-state index contributed by atoms with van der Waals surface area (Å²) in [5.41, 5.74) is 4.48. The molecule has 4 heteroatoms. The van der Waals surface area contributed by atoms with Gasteiger partial charge in [0.2, 0.25) is 0 Å². The van der Waals surface area contributed by atoms with Gasteiger partial charge in [-0.3, -0.25) is 0 Å². The van der Waals surface area contributed by atoms with Crippen LogP contribution in [0.4, 0.5) is 15.8 Å². The summed E-state index contributed by atoms with van der Waals surface area (Å²) in [5.74, 6) is -0.223. The Bertz CT molecular complexity index is 596. The number of halogens is 1. The monoisotopic (exact) mass is 301 g/mol. The summed E-state index contributed by atoms with van der Waals surface area (Å²) in [5, 5.41) is 10.1. The molecule has 2 aromatic rings. The van der Waals surface area contributed by atoms with Crippen molar-refractivity contribution >= 4 is 11.4 Å². The molecule has 0 aliphatic heterocycles. The van der Waals surface area contributed by atoms with E-state index in [-0.39, 0.29) is 12.0 Å². The minimum atomic E-state index is -0.223. The standard InChI is InChI=1S/C18H24FN3/c1-13-4-9-17(14(2)12-13)22-18(10-11-20-3)21-16-7-5-15(19)6-8-16/h4-9,12,18,20-22H,10-11H2,1-3H3. The molecule has 0 spiro atoms. The molecule has 0 heterocycles. The van der Waals surface area contributed by atoms with Gasteiger partial charge in [0.25, 0.3) is 0 Å². The predicted octanol–water partition coefficient (Wildman–Crippen LogP) is 3.90. The molecule has 0 aliphatic rings. The van der Waals surface area contributed by atoms with Crippen LogP contribution in [0, 0.1) is 19.7 Å². The van der Waals surface area contributed by atoms with E-state index in [1.54, 1.807) is 12.1 Å². The van der Waals surface area contributed by atoms with Crippen LogP contribution in [0.5, 0.6) is 0 Å². The van der Waals surface area contributed by atoms with E-state index in [1.807, 2.05) is 7.05 Å². The molecule has 3 N–H and O–H groups in total. The number of aryl methyl sites for hydroxylation is 2. The van der Waals surface area contributed by atoms with Crippen LogP contribution in [0.2, 0.25) is 0 Å². The van der Waals surface area contributed by atoms with Crippen LogP contribution in [0.1, 0.15) is 17.5 Å². The Morgan fingerprint density at radius 2 is 1.73 bits per heavy atom. The second kappa shape index (κ2) is 7.80. The molecule has 22 heavy (non-hydrogen) atoms. The van der Waals surface area contributed by atoms with Crippen molar-refractivity contribution in [2.24, 2.45) is 0 Å². The summed E-state index contributed by atoms with van der Waals surface area (Å²) < 4.78 is 13.0. The van der Waals surface area contributed by atoms with Crippen LogP contribution in [-0.4, -0.2) is 19.8 Å². The fourth-order valence-electron chi connectivity index (χ4n) is 2.38. The van der Waals surface area contributed by atoms with Gasteiger partial charge in [0.05, 0.1) is 6.17 Å². The van der Waals surface area contributed by atoms with Crippen LogP contribution in [0.25, 0.3) is 0 Å². The minimum absolute atomic E-state index is 0.0688. The number of anilines is 2. The van der Waals surface area contributed by atoms with Gasteiger partial charge >= 0.3 is 0 Å². The first kappa shape index (κ1) is 16.3. The first-order valence-electron chi connectivity index (χ1n) is 7.59. The molecule has 0 radical (unpaired) electrons. The van der Waals surface area contributed by atoms with Gasteiger partial charge in [-0.15, -0.1) is 0 Å². The molecule has 118 valence electrons. The van der Waals surface area contributed by atoms with E-state index in [4.69, 9.17) is 0 Å². The second-order valence-electron chi connectivity index (χ2n) is 5.56. The van der Waals surface area contributed by atoms with Gasteiger partial charge in [-0.2, -0.15) is 0 Å². The summed E-state index contributed by atoms with van der Waals surface area (Å²) in [6.45, 7) is 5.07. The van der Waals surface area contributed by atoms with Gasteiger partial charge < -0.3 is 16.0 Å². The van der Waals surface area contributed by atoms with Crippen molar-refractivity contribution in [2.75, 3.05) is 24.2 Å². The van der Waals surface area contributed by atoms with Gasteiger partial charge in [-0.1, -0.05) is 17.7 Å². The second-order valence-corrected chi connectivity index (χ2v) is 5.56. The fraction of sp³-hybridized carbons (Fsp3) is 0.333. The third-order valence-electron chi connectivity index (χ3n) is 3.58. The molecule has 2 aromatic carbocycles. The van der Waals surface area contributed by atoms with Gasteiger partial charge in [0.15, 0.2) is 0 Å². The van der Waals surface area contributed by atoms with Crippen molar-refractivity contribution in [1.82, 2.24) is 5.32 Å². The van der Waals surface area contributed by atoms with Crippen molar-refractivity contribution in [1.29, 1.82) is 0 Å². The topological polar surface area (TPSA) is 36.1 Å². The van der Waals surface area contributed by atoms with Crippen LogP contribution in [-0.2, 0) is 0 Å². The summed E-state index contributed by atoms with van der Waals surface area (Å²) in [7, 11) is 1.94. The number of benzene rings is 2. The highest BCUT2D eigenvalue weighted by atomic mass is 19.1. The highest BCUT2D eigenvalue weighted by molar-refractivity contribution is 5.54. The lowest BCUT2D eigenvalue weighted by Gasteiger charge is -2.23. The molecule has 0 aromatic heterocycles. The summed E-state index contributed by atoms with van der Waals surface area (Å²) in [6.07, 6.45) is 0.973. The highest BCUT2D eigenvalue weighted by Gasteiger charge is 2.09. The van der Waals surface area contributed by atoms with Gasteiger partial charge in [-0.05, 0) is 69.8 Å². The third kappa shape index (κ3) is 4.74. The summed E-state index contributed by atoms with van der Waals surface area (Å²) in [4.78, 5) is 0. The molecule has 0 amide bonds. The predicted molar refractivity (Wildman–Crippen MR) is 91.9 cm³/mol. The maximum Gasteiger partial charge on any atom is 0.123 e. The lowest BCUT2D eigenvalue weighted by atomic mass is 10.1. The number of hydrogen-bond acceptors (Lipinski definition) is 3.